The van der Waals surface area contributed by atoms with E-state index in [2.05, 4.69) is 24.5 Å². The second-order valence-electron chi connectivity index (χ2n) is 5.40. The Labute approximate surface area is 108 Å². The van der Waals surface area contributed by atoms with Crippen LogP contribution >= 0.6 is 0 Å². The number of nitrogens with two attached hydrogens (primary N) is 1. The standard InChI is InChI=1S/C14H21N3O/c1-10(2)9-16-13(18)17-14(7-8-14)11-5-3-4-6-12(11)15/h3-6,10H,7-9,15H2,1-2H3,(H2,16,17,18). The van der Waals surface area contributed by atoms with Crippen molar-refractivity contribution < 1.29 is 4.79 Å². The summed E-state index contributed by atoms with van der Waals surface area (Å²) in [7, 11) is 0. The predicted molar refractivity (Wildman–Crippen MR) is 73.1 cm³/mol. The second-order valence-corrected chi connectivity index (χ2v) is 5.40. The number of hydrogen-bond donors (Lipinski definition) is 3. The molecule has 0 heterocycles. The van der Waals surface area contributed by atoms with Crippen molar-refractivity contribution in [3.05, 3.63) is 29.8 Å². The summed E-state index contributed by atoms with van der Waals surface area (Å²) in [5, 5.41) is 5.93. The Morgan fingerprint density at radius 1 is 1.39 bits per heavy atom. The lowest BCUT2D eigenvalue weighted by Gasteiger charge is -2.20. The van der Waals surface area contributed by atoms with Crippen molar-refractivity contribution in [2.24, 2.45) is 5.92 Å². The molecule has 0 atom stereocenters. The number of amides is 2. The first-order valence-electron chi connectivity index (χ1n) is 6.44. The van der Waals surface area contributed by atoms with Gasteiger partial charge in [0.25, 0.3) is 0 Å². The number of urea groups is 1. The fraction of sp³-hybridized carbons (Fsp3) is 0.500. The van der Waals surface area contributed by atoms with E-state index in [0.717, 1.165) is 24.1 Å². The summed E-state index contributed by atoms with van der Waals surface area (Å²) in [6.07, 6.45) is 1.91. The zero-order valence-electron chi connectivity index (χ0n) is 11.0. The van der Waals surface area contributed by atoms with Gasteiger partial charge in [0, 0.05) is 17.8 Å². The molecule has 1 aromatic rings. The smallest absolute Gasteiger partial charge is 0.315 e. The molecule has 0 radical (unpaired) electrons. The predicted octanol–water partition coefficient (Wildman–Crippen LogP) is 2.21. The van der Waals surface area contributed by atoms with Crippen LogP contribution in [-0.4, -0.2) is 12.6 Å². The Balaban J connectivity index is 2.01. The molecule has 1 aliphatic rings. The number of carbonyl (C=O) groups is 1. The third-order valence-corrected chi connectivity index (χ3v) is 3.25. The number of nitrogens with one attached hydrogen (secondary N) is 2. The first-order valence-corrected chi connectivity index (χ1v) is 6.44. The fourth-order valence-electron chi connectivity index (χ4n) is 2.08. The van der Waals surface area contributed by atoms with E-state index in [9.17, 15) is 4.79 Å². The zero-order valence-corrected chi connectivity index (χ0v) is 11.0. The van der Waals surface area contributed by atoms with Crippen LogP contribution < -0.4 is 16.4 Å². The van der Waals surface area contributed by atoms with Gasteiger partial charge < -0.3 is 16.4 Å². The molecule has 4 heteroatoms. The molecule has 2 rings (SSSR count). The first-order chi connectivity index (χ1) is 8.53. The monoisotopic (exact) mass is 247 g/mol. The molecule has 0 aliphatic heterocycles. The highest BCUT2D eigenvalue weighted by molar-refractivity contribution is 5.76. The van der Waals surface area contributed by atoms with E-state index in [1.165, 1.54) is 0 Å². The summed E-state index contributed by atoms with van der Waals surface area (Å²) < 4.78 is 0. The van der Waals surface area contributed by atoms with Crippen molar-refractivity contribution in [3.63, 3.8) is 0 Å². The van der Waals surface area contributed by atoms with Crippen LogP contribution in [0.2, 0.25) is 0 Å². The average Bonchev–Trinajstić information content (AvgIpc) is 3.08. The molecule has 4 nitrogen and oxygen atoms in total. The molecule has 0 aromatic heterocycles. The quantitative estimate of drug-likeness (QED) is 0.714. The number of nitrogen functional groups attached to an aromatic ring is 1. The molecular weight excluding hydrogens is 226 g/mol. The van der Waals surface area contributed by atoms with Crippen LogP contribution in [0.4, 0.5) is 10.5 Å². The molecule has 0 spiro atoms. The Bertz CT molecular complexity index is 438. The lowest BCUT2D eigenvalue weighted by Crippen LogP contribution is -2.43. The van der Waals surface area contributed by atoms with Gasteiger partial charge in [-0.1, -0.05) is 32.0 Å². The molecule has 2 amide bonds. The maximum atomic E-state index is 11.8. The summed E-state index contributed by atoms with van der Waals surface area (Å²) in [6, 6.07) is 7.63. The molecule has 0 bridgehead atoms. The van der Waals surface area contributed by atoms with Gasteiger partial charge in [0.2, 0.25) is 0 Å². The normalized spacial score (nSPS) is 16.4. The van der Waals surface area contributed by atoms with Crippen LogP contribution in [0.1, 0.15) is 32.3 Å². The van der Waals surface area contributed by atoms with Crippen LogP contribution in [0, 0.1) is 5.92 Å². The molecular formula is C14H21N3O. The van der Waals surface area contributed by atoms with E-state index in [4.69, 9.17) is 5.73 Å². The summed E-state index contributed by atoms with van der Waals surface area (Å²) in [5.41, 5.74) is 7.51. The summed E-state index contributed by atoms with van der Waals surface area (Å²) >= 11 is 0. The zero-order chi connectivity index (χ0) is 13.2. The van der Waals surface area contributed by atoms with Gasteiger partial charge in [-0.25, -0.2) is 4.79 Å². The minimum absolute atomic E-state index is 0.107. The topological polar surface area (TPSA) is 67.2 Å². The van der Waals surface area contributed by atoms with E-state index in [1.807, 2.05) is 24.3 Å². The number of hydrogen-bond acceptors (Lipinski definition) is 2. The summed E-state index contributed by atoms with van der Waals surface area (Å²) in [5.74, 6) is 0.452. The summed E-state index contributed by atoms with van der Waals surface area (Å²) in [4.78, 5) is 11.8. The van der Waals surface area contributed by atoms with Crippen molar-refractivity contribution in [2.45, 2.75) is 32.2 Å². The molecule has 0 unspecified atom stereocenters. The number of anilines is 1. The Hall–Kier alpha value is -1.71. The number of carbonyl (C=O) groups excluding carboxylic acids is 1. The maximum Gasteiger partial charge on any atom is 0.315 e. The van der Waals surface area contributed by atoms with Gasteiger partial charge in [-0.2, -0.15) is 0 Å². The number of para-hydroxylation sites is 1. The lowest BCUT2D eigenvalue weighted by atomic mass is 10.0. The van der Waals surface area contributed by atoms with E-state index < -0.39 is 0 Å². The van der Waals surface area contributed by atoms with E-state index in [0.29, 0.717) is 12.5 Å². The van der Waals surface area contributed by atoms with Crippen molar-refractivity contribution in [1.82, 2.24) is 10.6 Å². The highest BCUT2D eigenvalue weighted by atomic mass is 16.2. The lowest BCUT2D eigenvalue weighted by molar-refractivity contribution is 0.234. The molecule has 1 aromatic carbocycles. The first kappa shape index (κ1) is 12.7. The van der Waals surface area contributed by atoms with Crippen LogP contribution in [0.25, 0.3) is 0 Å². The minimum atomic E-state index is -0.244. The van der Waals surface area contributed by atoms with Crippen molar-refractivity contribution >= 4 is 11.7 Å². The van der Waals surface area contributed by atoms with Gasteiger partial charge in [0.1, 0.15) is 0 Å². The third-order valence-electron chi connectivity index (χ3n) is 3.25. The van der Waals surface area contributed by atoms with Gasteiger partial charge in [-0.15, -0.1) is 0 Å². The number of benzene rings is 1. The van der Waals surface area contributed by atoms with Crippen molar-refractivity contribution in [1.29, 1.82) is 0 Å². The van der Waals surface area contributed by atoms with Gasteiger partial charge in [-0.3, -0.25) is 0 Å². The minimum Gasteiger partial charge on any atom is -0.398 e. The molecule has 18 heavy (non-hydrogen) atoms. The van der Waals surface area contributed by atoms with Gasteiger partial charge in [0.15, 0.2) is 0 Å². The van der Waals surface area contributed by atoms with E-state index in [1.54, 1.807) is 0 Å². The van der Waals surface area contributed by atoms with Crippen LogP contribution in [0.15, 0.2) is 24.3 Å². The molecule has 1 fully saturated rings. The van der Waals surface area contributed by atoms with Crippen molar-refractivity contribution in [2.75, 3.05) is 12.3 Å². The Morgan fingerprint density at radius 3 is 2.61 bits per heavy atom. The Kier molecular flexibility index (Phi) is 3.45. The third kappa shape index (κ3) is 2.75. The average molecular weight is 247 g/mol. The van der Waals surface area contributed by atoms with Gasteiger partial charge >= 0.3 is 6.03 Å². The van der Waals surface area contributed by atoms with E-state index >= 15 is 0 Å². The second kappa shape index (κ2) is 4.88. The summed E-state index contributed by atoms with van der Waals surface area (Å²) in [6.45, 7) is 4.83. The molecule has 0 saturated heterocycles. The highest BCUT2D eigenvalue weighted by Crippen LogP contribution is 2.47. The molecule has 98 valence electrons. The Morgan fingerprint density at radius 2 is 2.06 bits per heavy atom. The fourth-order valence-corrected chi connectivity index (χ4v) is 2.08. The highest BCUT2D eigenvalue weighted by Gasteiger charge is 2.46. The number of rotatable bonds is 4. The van der Waals surface area contributed by atoms with Crippen LogP contribution in [0.3, 0.4) is 0 Å². The van der Waals surface area contributed by atoms with Crippen LogP contribution in [0.5, 0.6) is 0 Å². The van der Waals surface area contributed by atoms with Crippen LogP contribution in [-0.2, 0) is 5.54 Å². The maximum absolute atomic E-state index is 11.8. The largest absolute Gasteiger partial charge is 0.398 e. The SMILES string of the molecule is CC(C)CNC(=O)NC1(c2ccccc2N)CC1. The molecule has 1 aliphatic carbocycles. The molecule has 4 N–H and O–H groups in total. The van der Waals surface area contributed by atoms with Crippen molar-refractivity contribution in [3.8, 4) is 0 Å². The van der Waals surface area contributed by atoms with Gasteiger partial charge in [0.05, 0.1) is 5.54 Å². The van der Waals surface area contributed by atoms with Gasteiger partial charge in [-0.05, 0) is 24.8 Å². The molecule has 1 saturated carbocycles. The van der Waals surface area contributed by atoms with E-state index in [-0.39, 0.29) is 11.6 Å².